The third-order valence-corrected chi connectivity index (χ3v) is 7.90. The molecule has 42 heavy (non-hydrogen) atoms. The van der Waals surface area contributed by atoms with Gasteiger partial charge in [-0.05, 0) is 35.9 Å². The van der Waals surface area contributed by atoms with Gasteiger partial charge in [0.25, 0.3) is 0 Å². The van der Waals surface area contributed by atoms with Crippen molar-refractivity contribution in [3.05, 3.63) is 59.4 Å². The zero-order chi connectivity index (χ0) is 29.8. The van der Waals surface area contributed by atoms with Crippen molar-refractivity contribution in [2.75, 3.05) is 45.0 Å². The zero-order valence-corrected chi connectivity index (χ0v) is 24.3. The molecule has 5 rings (SSSR count). The third kappa shape index (κ3) is 6.11. The molecule has 222 valence electrons. The Morgan fingerprint density at radius 1 is 1.12 bits per heavy atom. The van der Waals surface area contributed by atoms with E-state index in [2.05, 4.69) is 10.6 Å². The number of aromatic hydroxyl groups is 2. The molecule has 1 amide bonds. The number of methoxy groups -OCH3 is 2. The van der Waals surface area contributed by atoms with Crippen LogP contribution < -0.4 is 20.1 Å². The van der Waals surface area contributed by atoms with Gasteiger partial charge in [-0.15, -0.1) is 11.8 Å². The number of aromatic nitrogens is 3. The van der Waals surface area contributed by atoms with Gasteiger partial charge in [-0.1, -0.05) is 6.07 Å². The van der Waals surface area contributed by atoms with E-state index in [0.717, 1.165) is 34.1 Å². The molecule has 4 N–H and O–H groups in total. The monoisotopic (exact) mass is 597 g/mol. The first-order chi connectivity index (χ1) is 20.3. The molecular formula is C29H32FN5O6S. The summed E-state index contributed by atoms with van der Waals surface area (Å²) < 4.78 is 33.8. The van der Waals surface area contributed by atoms with E-state index in [1.165, 1.54) is 29.8 Å². The number of hydrogen-bond donors (Lipinski definition) is 4. The lowest BCUT2D eigenvalue weighted by atomic mass is 10.1. The van der Waals surface area contributed by atoms with Crippen LogP contribution >= 0.6 is 11.8 Å². The second-order valence-electron chi connectivity index (χ2n) is 9.58. The van der Waals surface area contributed by atoms with Gasteiger partial charge in [-0.3, -0.25) is 14.0 Å². The quantitative estimate of drug-likeness (QED) is 0.117. The van der Waals surface area contributed by atoms with Gasteiger partial charge in [0.2, 0.25) is 11.8 Å². The molecule has 0 saturated heterocycles. The number of amides is 1. The molecule has 0 aliphatic heterocycles. The molecule has 2 aromatic carbocycles. The van der Waals surface area contributed by atoms with Crippen molar-refractivity contribution < 1.29 is 33.6 Å². The molecule has 0 saturated carbocycles. The van der Waals surface area contributed by atoms with E-state index in [4.69, 9.17) is 19.3 Å². The number of thioether (sulfide) groups is 1. The maximum Gasteiger partial charge on any atom is 0.230 e. The lowest BCUT2D eigenvalue weighted by molar-refractivity contribution is -0.118. The van der Waals surface area contributed by atoms with Crippen molar-refractivity contribution >= 4 is 29.2 Å². The third-order valence-electron chi connectivity index (χ3n) is 6.89. The number of nitrogens with one attached hydrogen (secondary N) is 2. The Balaban J connectivity index is 1.20. The van der Waals surface area contributed by atoms with Gasteiger partial charge in [-0.2, -0.15) is 5.10 Å². The first-order valence-corrected chi connectivity index (χ1v) is 14.2. The van der Waals surface area contributed by atoms with Crippen molar-refractivity contribution in [3.8, 4) is 34.5 Å². The van der Waals surface area contributed by atoms with Crippen LogP contribution in [-0.4, -0.2) is 70.2 Å². The largest absolute Gasteiger partial charge is 0.494 e. The molecule has 13 heteroatoms. The second-order valence-corrected chi connectivity index (χ2v) is 10.6. The number of fused-ring (bicyclic) bond motifs is 3. The maximum atomic E-state index is 13.8. The Morgan fingerprint density at radius 2 is 1.90 bits per heavy atom. The number of carbonyl (C=O) groups is 1. The Hall–Kier alpha value is -4.36. The standard InChI is InChI=1S/C29H32FN5O6S/c1-34-26(37)15-24(29(34)38)42-16-25(36)31-7-9-41-10-8-35-27-20-14-23(40-3)22(39-2)12-17(20)11-21(27)28(33-35)32-19-6-4-5-18(30)13-19/h4-6,12-15,37-38H,7-11,16H2,1-3H3,(H,31,36)(H,32,33). The van der Waals surface area contributed by atoms with Crippen LogP contribution in [0.25, 0.3) is 11.3 Å². The minimum atomic E-state index is -0.342. The molecule has 0 bridgehead atoms. The SMILES string of the molecule is COc1cc2c(cc1OC)-c1c(c(Nc3cccc(F)c3)nn1CCOCCNC(=O)CSc1cc(O)n(C)c1O)C2. The van der Waals surface area contributed by atoms with Crippen molar-refractivity contribution in [2.24, 2.45) is 7.05 Å². The minimum absolute atomic E-state index is 0.0779. The van der Waals surface area contributed by atoms with Crippen LogP contribution in [0.15, 0.2) is 47.4 Å². The van der Waals surface area contributed by atoms with E-state index in [0.29, 0.717) is 60.6 Å². The van der Waals surface area contributed by atoms with Crippen molar-refractivity contribution in [2.45, 2.75) is 17.9 Å². The summed E-state index contributed by atoms with van der Waals surface area (Å²) in [5.41, 5.74) is 4.54. The van der Waals surface area contributed by atoms with Gasteiger partial charge in [0, 0.05) is 42.9 Å². The lowest BCUT2D eigenvalue weighted by Crippen LogP contribution is -2.29. The van der Waals surface area contributed by atoms with Crippen molar-refractivity contribution in [3.63, 3.8) is 0 Å². The number of hydrogen-bond acceptors (Lipinski definition) is 9. The summed E-state index contributed by atoms with van der Waals surface area (Å²) in [6.07, 6.45) is 0.619. The van der Waals surface area contributed by atoms with Crippen LogP contribution in [0.4, 0.5) is 15.9 Å². The van der Waals surface area contributed by atoms with E-state index in [9.17, 15) is 19.4 Å². The summed E-state index contributed by atoms with van der Waals surface area (Å²) in [6, 6.07) is 11.5. The Kier molecular flexibility index (Phi) is 8.78. The van der Waals surface area contributed by atoms with Crippen LogP contribution in [0.2, 0.25) is 0 Å². The molecule has 1 aliphatic carbocycles. The van der Waals surface area contributed by atoms with Gasteiger partial charge in [0.05, 0.1) is 50.3 Å². The Morgan fingerprint density at radius 3 is 2.62 bits per heavy atom. The number of anilines is 2. The molecule has 11 nitrogen and oxygen atoms in total. The highest BCUT2D eigenvalue weighted by molar-refractivity contribution is 8.00. The number of benzene rings is 2. The maximum absolute atomic E-state index is 13.8. The topological polar surface area (TPSA) is 132 Å². The molecular weight excluding hydrogens is 565 g/mol. The lowest BCUT2D eigenvalue weighted by Gasteiger charge is -2.12. The van der Waals surface area contributed by atoms with Gasteiger partial charge < -0.3 is 35.1 Å². The van der Waals surface area contributed by atoms with E-state index in [1.807, 2.05) is 16.8 Å². The average Bonchev–Trinajstić information content (AvgIpc) is 3.59. The minimum Gasteiger partial charge on any atom is -0.494 e. The van der Waals surface area contributed by atoms with Crippen LogP contribution in [0.5, 0.6) is 23.3 Å². The van der Waals surface area contributed by atoms with Gasteiger partial charge in [-0.25, -0.2) is 4.39 Å². The second kappa shape index (κ2) is 12.7. The summed E-state index contributed by atoms with van der Waals surface area (Å²) in [6.45, 7) is 1.40. The fourth-order valence-electron chi connectivity index (χ4n) is 4.78. The highest BCUT2D eigenvalue weighted by atomic mass is 32.2. The Labute approximate surface area is 246 Å². The van der Waals surface area contributed by atoms with Gasteiger partial charge in [0.1, 0.15) is 5.82 Å². The molecule has 0 fully saturated rings. The van der Waals surface area contributed by atoms with E-state index in [1.54, 1.807) is 26.4 Å². The van der Waals surface area contributed by atoms with Crippen molar-refractivity contribution in [1.82, 2.24) is 19.7 Å². The number of rotatable bonds is 13. The summed E-state index contributed by atoms with van der Waals surface area (Å²) in [4.78, 5) is 12.6. The van der Waals surface area contributed by atoms with E-state index in [-0.39, 0.29) is 29.2 Å². The molecule has 0 radical (unpaired) electrons. The molecule has 0 unspecified atom stereocenters. The highest BCUT2D eigenvalue weighted by Crippen LogP contribution is 2.45. The number of carbonyl (C=O) groups excluding carboxylic acids is 1. The van der Waals surface area contributed by atoms with E-state index < -0.39 is 0 Å². The van der Waals surface area contributed by atoms with Crippen LogP contribution in [0.1, 0.15) is 11.1 Å². The molecule has 0 atom stereocenters. The summed E-state index contributed by atoms with van der Waals surface area (Å²) >= 11 is 1.13. The molecule has 0 spiro atoms. The normalized spacial score (nSPS) is 11.7. The predicted molar refractivity (Wildman–Crippen MR) is 157 cm³/mol. The average molecular weight is 598 g/mol. The van der Waals surface area contributed by atoms with Crippen LogP contribution in [-0.2, 0) is 29.5 Å². The number of ether oxygens (including phenoxy) is 3. The summed E-state index contributed by atoms with van der Waals surface area (Å²) in [5, 5.41) is 30.4. The molecule has 2 aromatic heterocycles. The van der Waals surface area contributed by atoms with Crippen LogP contribution in [0.3, 0.4) is 0 Å². The zero-order valence-electron chi connectivity index (χ0n) is 23.4. The smallest absolute Gasteiger partial charge is 0.230 e. The van der Waals surface area contributed by atoms with Gasteiger partial charge >= 0.3 is 0 Å². The fraction of sp³-hybridized carbons (Fsp3) is 0.310. The van der Waals surface area contributed by atoms with Crippen LogP contribution in [0, 0.1) is 5.82 Å². The van der Waals surface area contributed by atoms with Crippen molar-refractivity contribution in [1.29, 1.82) is 0 Å². The number of nitrogens with zero attached hydrogens (tertiary/aromatic N) is 3. The number of halogens is 1. The Bertz CT molecular complexity index is 1600. The van der Waals surface area contributed by atoms with Gasteiger partial charge in [0.15, 0.2) is 23.2 Å². The fourth-order valence-corrected chi connectivity index (χ4v) is 5.62. The predicted octanol–water partition coefficient (Wildman–Crippen LogP) is 4.03. The molecule has 4 aromatic rings. The first-order valence-electron chi connectivity index (χ1n) is 13.2. The molecule has 1 aliphatic rings. The summed E-state index contributed by atoms with van der Waals surface area (Å²) in [7, 11) is 4.72. The first kappa shape index (κ1) is 29.1. The van der Waals surface area contributed by atoms with E-state index >= 15 is 0 Å². The summed E-state index contributed by atoms with van der Waals surface area (Å²) in [5.74, 6) is 1.25. The highest BCUT2D eigenvalue weighted by Gasteiger charge is 2.29. The molecule has 2 heterocycles.